The molecule has 1 heterocycles. The van der Waals surface area contributed by atoms with E-state index in [1.165, 1.54) is 43.0 Å². The summed E-state index contributed by atoms with van der Waals surface area (Å²) in [7, 11) is 6.52. The summed E-state index contributed by atoms with van der Waals surface area (Å²) in [5, 5.41) is 8.05. The molecule has 6 aromatic carbocycles. The van der Waals surface area contributed by atoms with E-state index in [1.807, 2.05) is 0 Å². The topological polar surface area (TPSA) is 9.23 Å². The minimum atomic E-state index is -1.32. The van der Waals surface area contributed by atoms with Crippen molar-refractivity contribution in [2.75, 3.05) is 0 Å². The average Bonchev–Trinajstić information content (AvgIpc) is 3.13. The van der Waals surface area contributed by atoms with E-state index >= 15 is 0 Å². The van der Waals surface area contributed by atoms with E-state index in [4.69, 9.17) is 4.74 Å². The van der Waals surface area contributed by atoms with Crippen LogP contribution < -0.4 is 36.6 Å². The molecule has 46 heavy (non-hydrogen) atoms. The van der Waals surface area contributed by atoms with Crippen LogP contribution in [0, 0.1) is 0 Å². The van der Waals surface area contributed by atoms with Gasteiger partial charge in [-0.15, -0.1) is 0 Å². The van der Waals surface area contributed by atoms with Crippen LogP contribution in [0.25, 0.3) is 0 Å². The average molecular weight is 1050 g/mol. The molecule has 0 spiro atoms. The summed E-state index contributed by atoms with van der Waals surface area (Å²) in [5.74, 6) is 2.07. The molecule has 0 saturated heterocycles. The van der Waals surface area contributed by atoms with Gasteiger partial charge in [0.15, 0.2) is 11.5 Å². The number of ether oxygens (including phenoxy) is 1. The standard InChI is InChI=1S/C39H32OP2.2Au.2ClH/c1-39(2)33-25-15-27-35(41(29-17-7-3-8-18-29)30-19-9-4-10-20-30)37(33)40-38-34(39)26-16-28-36(38)42(31-21-11-5-12-22-31)32-23-13-6-14-24-32;;;;/h3-28H,1-2H3;;;2*1H/q;2*+1;;. The zero-order valence-corrected chi connectivity index (χ0v) is 33.1. The molecule has 7 rings (SSSR count). The predicted molar refractivity (Wildman–Crippen MR) is 197 cm³/mol. The van der Waals surface area contributed by atoms with Crippen LogP contribution in [0.15, 0.2) is 158 Å². The summed E-state index contributed by atoms with van der Waals surface area (Å²) in [6.07, 6.45) is 0. The summed E-state index contributed by atoms with van der Waals surface area (Å²) in [6, 6.07) is 57.5. The Morgan fingerprint density at radius 1 is 0.413 bits per heavy atom. The van der Waals surface area contributed by atoms with E-state index in [0.717, 1.165) is 11.5 Å². The van der Waals surface area contributed by atoms with Gasteiger partial charge in [-0.3, -0.25) is 0 Å². The molecule has 6 aromatic rings. The van der Waals surface area contributed by atoms with Gasteiger partial charge < -0.3 is 4.74 Å². The predicted octanol–water partition coefficient (Wildman–Crippen LogP) is 8.47. The second kappa shape index (κ2) is 16.9. The van der Waals surface area contributed by atoms with E-state index < -0.39 is 15.8 Å². The quantitative estimate of drug-likeness (QED) is 0.120. The third-order valence-electron chi connectivity index (χ3n) is 8.37. The van der Waals surface area contributed by atoms with Crippen LogP contribution in [-0.4, -0.2) is 0 Å². The van der Waals surface area contributed by atoms with Gasteiger partial charge in [-0.05, 0) is 60.7 Å². The van der Waals surface area contributed by atoms with Crippen molar-refractivity contribution in [1.29, 1.82) is 0 Å². The van der Waals surface area contributed by atoms with Crippen LogP contribution in [0.3, 0.4) is 0 Å². The number of rotatable bonds is 6. The van der Waals surface area contributed by atoms with Crippen molar-refractivity contribution in [3.63, 3.8) is 0 Å². The molecule has 0 aliphatic carbocycles. The van der Waals surface area contributed by atoms with Crippen LogP contribution in [-0.2, 0) is 45.4 Å². The number of fused-ring (bicyclic) bond motifs is 2. The first-order valence-corrected chi connectivity index (χ1v) is 23.1. The van der Waals surface area contributed by atoms with Gasteiger partial charge in [-0.1, -0.05) is 111 Å². The normalized spacial score (nSPS) is 12.5. The first-order chi connectivity index (χ1) is 22.6. The molecule has 0 atom stereocenters. The van der Waals surface area contributed by atoms with Crippen molar-refractivity contribution in [3.05, 3.63) is 169 Å². The molecule has 0 amide bonds. The Labute approximate surface area is 307 Å². The second-order valence-electron chi connectivity index (χ2n) is 11.3. The summed E-state index contributed by atoms with van der Waals surface area (Å²) in [6.45, 7) is 4.71. The van der Waals surface area contributed by atoms with Crippen LogP contribution in [0.5, 0.6) is 11.5 Å². The minimum absolute atomic E-state index is 0.213. The van der Waals surface area contributed by atoms with E-state index in [2.05, 4.69) is 190 Å². The fourth-order valence-electron chi connectivity index (χ4n) is 6.29. The number of para-hydroxylation sites is 2. The molecule has 0 bridgehead atoms. The Balaban J connectivity index is 0.00000100. The maximum absolute atomic E-state index is 7.27. The van der Waals surface area contributed by atoms with Crippen LogP contribution >= 0.6 is 34.2 Å². The number of hydrogen-bond donors (Lipinski definition) is 0. The molecule has 1 aliphatic heterocycles. The van der Waals surface area contributed by atoms with Crippen molar-refractivity contribution in [2.24, 2.45) is 0 Å². The molecule has 0 aromatic heterocycles. The number of hydrogen-bond acceptors (Lipinski definition) is 1. The monoisotopic (exact) mass is 1040 g/mol. The van der Waals surface area contributed by atoms with Gasteiger partial charge in [0.25, 0.3) is 0 Å². The van der Waals surface area contributed by atoms with Crippen LogP contribution in [0.4, 0.5) is 0 Å². The van der Waals surface area contributed by atoms with Gasteiger partial charge >= 0.3 is 58.4 Å². The van der Waals surface area contributed by atoms with E-state index in [1.54, 1.807) is 40.0 Å². The summed E-state index contributed by atoms with van der Waals surface area (Å²) in [5.41, 5.74) is 2.30. The fourth-order valence-corrected chi connectivity index (χ4v) is 11.7. The molecule has 0 radical (unpaired) electrons. The number of benzene rings is 6. The zero-order valence-electron chi connectivity index (χ0n) is 25.3. The SMILES string of the molecule is CC1(C)c2cccc([PH+](c3ccccc3)c3ccccc3)c2Oc2c([PH+](c3ccccc3)c3ccccc3)cccc21.[Cl][Au].[Cl][Au]. The van der Waals surface area contributed by atoms with Gasteiger partial charge in [0, 0.05) is 16.5 Å². The summed E-state index contributed by atoms with van der Waals surface area (Å²) in [4.78, 5) is 0. The van der Waals surface area contributed by atoms with Gasteiger partial charge in [-0.2, -0.15) is 0 Å². The van der Waals surface area contributed by atoms with Gasteiger partial charge in [-0.25, -0.2) is 0 Å². The first-order valence-electron chi connectivity index (χ1n) is 14.8. The zero-order chi connectivity index (χ0) is 32.5. The number of halogens is 2. The van der Waals surface area contributed by atoms with Crippen molar-refractivity contribution in [3.8, 4) is 11.5 Å². The Hall–Kier alpha value is -1.96. The summed E-state index contributed by atoms with van der Waals surface area (Å²) < 4.78 is 7.27. The van der Waals surface area contributed by atoms with Crippen molar-refractivity contribution in [2.45, 2.75) is 19.3 Å². The molecular formula is C39H34Au2Cl2OP2+2. The Bertz CT molecular complexity index is 1630. The third-order valence-corrected chi connectivity index (χ3v) is 13.9. The second-order valence-corrected chi connectivity index (χ2v) is 16.2. The molecule has 0 unspecified atom stereocenters. The fraction of sp³-hybridized carbons (Fsp3) is 0.0769. The van der Waals surface area contributed by atoms with Crippen molar-refractivity contribution in [1.82, 2.24) is 0 Å². The van der Waals surface area contributed by atoms with E-state index in [-0.39, 0.29) is 5.41 Å². The summed E-state index contributed by atoms with van der Waals surface area (Å²) >= 11 is 3.50. The van der Waals surface area contributed by atoms with Crippen LogP contribution in [0.2, 0.25) is 0 Å². The molecule has 1 aliphatic rings. The van der Waals surface area contributed by atoms with Crippen molar-refractivity contribution >= 4 is 66.0 Å². The van der Waals surface area contributed by atoms with E-state index in [9.17, 15) is 0 Å². The van der Waals surface area contributed by atoms with Gasteiger partial charge in [0.05, 0.1) is 0 Å². The Kier molecular flexibility index (Phi) is 13.0. The molecule has 0 fully saturated rings. The van der Waals surface area contributed by atoms with Crippen molar-refractivity contribution < 1.29 is 44.7 Å². The molecule has 1 nitrogen and oxygen atoms in total. The van der Waals surface area contributed by atoms with Crippen LogP contribution in [0.1, 0.15) is 25.0 Å². The molecule has 7 heteroatoms. The Morgan fingerprint density at radius 3 is 0.978 bits per heavy atom. The molecular weight excluding hydrogens is 1010 g/mol. The first kappa shape index (κ1) is 35.4. The third kappa shape index (κ3) is 7.37. The maximum atomic E-state index is 7.27. The van der Waals surface area contributed by atoms with E-state index in [0.29, 0.717) is 0 Å². The van der Waals surface area contributed by atoms with Gasteiger partial charge in [0.2, 0.25) is 0 Å². The molecule has 0 N–H and O–H groups in total. The van der Waals surface area contributed by atoms with Gasteiger partial charge in [0.1, 0.15) is 47.7 Å². The molecule has 240 valence electrons. The molecule has 0 saturated carbocycles. The Morgan fingerprint density at radius 2 is 0.696 bits per heavy atom.